The predicted octanol–water partition coefficient (Wildman–Crippen LogP) is 3.15. The highest BCUT2D eigenvalue weighted by Crippen LogP contribution is 2.31. The van der Waals surface area contributed by atoms with Crippen LogP contribution < -0.4 is 11.3 Å². The minimum atomic E-state index is 0.00613. The molecular weight excluding hydrogens is 268 g/mol. The lowest BCUT2D eigenvalue weighted by Crippen LogP contribution is -2.33. The molecular formula is C12H23ClN4S. The van der Waals surface area contributed by atoms with E-state index in [1.165, 1.54) is 0 Å². The van der Waals surface area contributed by atoms with E-state index in [1.807, 2.05) is 16.4 Å². The van der Waals surface area contributed by atoms with E-state index in [-0.39, 0.29) is 16.8 Å². The Morgan fingerprint density at radius 2 is 2.11 bits per heavy atom. The monoisotopic (exact) mass is 290 g/mol. The summed E-state index contributed by atoms with van der Waals surface area (Å²) in [4.78, 5) is 0. The highest BCUT2D eigenvalue weighted by atomic mass is 35.5. The van der Waals surface area contributed by atoms with Crippen LogP contribution in [0.1, 0.15) is 52.4 Å². The molecule has 1 unspecified atom stereocenters. The fraction of sp³-hybridized carbons (Fsp3) is 0.750. The first kappa shape index (κ1) is 15.8. The van der Waals surface area contributed by atoms with Crippen LogP contribution in [0.5, 0.6) is 0 Å². The first-order valence-electron chi connectivity index (χ1n) is 6.09. The smallest absolute Gasteiger partial charge is 0.0835 e. The van der Waals surface area contributed by atoms with Gasteiger partial charge in [0.25, 0.3) is 0 Å². The van der Waals surface area contributed by atoms with Crippen LogP contribution in [0.4, 0.5) is 0 Å². The average Bonchev–Trinajstić information content (AvgIpc) is 2.60. The van der Waals surface area contributed by atoms with Gasteiger partial charge in [0.05, 0.1) is 23.0 Å². The molecule has 0 radical (unpaired) electrons. The summed E-state index contributed by atoms with van der Waals surface area (Å²) in [6.07, 6.45) is 1.68. The van der Waals surface area contributed by atoms with Crippen LogP contribution in [0.25, 0.3) is 0 Å². The van der Waals surface area contributed by atoms with Crippen molar-refractivity contribution in [2.24, 2.45) is 5.84 Å². The van der Waals surface area contributed by atoms with Gasteiger partial charge in [-0.1, -0.05) is 32.4 Å². The highest BCUT2D eigenvalue weighted by Gasteiger charge is 2.23. The zero-order valence-corrected chi connectivity index (χ0v) is 13.3. The molecule has 0 spiro atoms. The number of halogens is 1. The van der Waals surface area contributed by atoms with E-state index < -0.39 is 0 Å². The normalized spacial score (nSPS) is 14.2. The third-order valence-electron chi connectivity index (χ3n) is 2.49. The van der Waals surface area contributed by atoms with Gasteiger partial charge in [-0.25, -0.2) is 0 Å². The van der Waals surface area contributed by atoms with Crippen molar-refractivity contribution in [2.75, 3.05) is 5.75 Å². The number of thioether (sulfide) groups is 1. The minimum Gasteiger partial charge on any atom is -0.271 e. The Bertz CT molecular complexity index is 384. The maximum Gasteiger partial charge on any atom is 0.0835 e. The number of nitrogens with zero attached hydrogens (tertiary/aromatic N) is 2. The van der Waals surface area contributed by atoms with E-state index in [4.69, 9.17) is 17.4 Å². The highest BCUT2D eigenvalue weighted by molar-refractivity contribution is 8.00. The van der Waals surface area contributed by atoms with E-state index in [1.54, 1.807) is 6.20 Å². The summed E-state index contributed by atoms with van der Waals surface area (Å²) in [7, 11) is 0. The molecule has 1 aromatic rings. The zero-order valence-electron chi connectivity index (χ0n) is 11.7. The Kier molecular flexibility index (Phi) is 5.52. The van der Waals surface area contributed by atoms with Crippen LogP contribution in [0.15, 0.2) is 6.20 Å². The van der Waals surface area contributed by atoms with Crippen LogP contribution in [0.3, 0.4) is 0 Å². The Balaban J connectivity index is 2.91. The number of hydrogen-bond donors (Lipinski definition) is 2. The zero-order chi connectivity index (χ0) is 13.9. The lowest BCUT2D eigenvalue weighted by atomic mass is 10.2. The SMILES string of the molecule is CC(C)n1ncc(Cl)c1C(CSC(C)(C)C)NN. The molecule has 6 heteroatoms. The molecule has 104 valence electrons. The molecule has 4 nitrogen and oxygen atoms in total. The Morgan fingerprint density at radius 3 is 2.56 bits per heavy atom. The van der Waals surface area contributed by atoms with E-state index in [0.29, 0.717) is 5.02 Å². The molecule has 1 rings (SSSR count). The number of nitrogens with one attached hydrogen (secondary N) is 1. The number of rotatable bonds is 5. The summed E-state index contributed by atoms with van der Waals surface area (Å²) in [5.41, 5.74) is 3.81. The van der Waals surface area contributed by atoms with E-state index in [0.717, 1.165) is 11.4 Å². The quantitative estimate of drug-likeness (QED) is 0.646. The lowest BCUT2D eigenvalue weighted by Gasteiger charge is -2.24. The summed E-state index contributed by atoms with van der Waals surface area (Å²) in [6.45, 7) is 10.7. The van der Waals surface area contributed by atoms with Gasteiger partial charge in [-0.2, -0.15) is 16.9 Å². The van der Waals surface area contributed by atoms with E-state index in [9.17, 15) is 0 Å². The van der Waals surface area contributed by atoms with Gasteiger partial charge in [0, 0.05) is 16.5 Å². The second-order valence-electron chi connectivity index (χ2n) is 5.56. The van der Waals surface area contributed by atoms with Crippen molar-refractivity contribution >= 4 is 23.4 Å². The second-order valence-corrected chi connectivity index (χ2v) is 7.81. The fourth-order valence-electron chi connectivity index (χ4n) is 1.63. The van der Waals surface area contributed by atoms with Crippen LogP contribution in [-0.4, -0.2) is 20.3 Å². The molecule has 1 atom stereocenters. The van der Waals surface area contributed by atoms with Crippen molar-refractivity contribution in [3.05, 3.63) is 16.9 Å². The van der Waals surface area contributed by atoms with Crippen LogP contribution in [-0.2, 0) is 0 Å². The summed E-state index contributed by atoms with van der Waals surface area (Å²) in [6, 6.07) is 0.273. The van der Waals surface area contributed by atoms with Gasteiger partial charge in [-0.05, 0) is 13.8 Å². The molecule has 1 heterocycles. The molecule has 0 bridgehead atoms. The standard InChI is InChI=1S/C12H23ClN4S/c1-8(2)17-11(9(13)6-15-17)10(16-14)7-18-12(3,4)5/h6,8,10,16H,7,14H2,1-5H3. The van der Waals surface area contributed by atoms with Crippen LogP contribution >= 0.6 is 23.4 Å². The lowest BCUT2D eigenvalue weighted by molar-refractivity contribution is 0.468. The number of aromatic nitrogens is 2. The van der Waals surface area contributed by atoms with Crippen molar-refractivity contribution in [3.63, 3.8) is 0 Å². The molecule has 3 N–H and O–H groups in total. The number of hydrazine groups is 1. The van der Waals surface area contributed by atoms with Crippen LogP contribution in [0, 0.1) is 0 Å². The van der Waals surface area contributed by atoms with Gasteiger partial charge in [0.15, 0.2) is 0 Å². The van der Waals surface area contributed by atoms with Crippen molar-refractivity contribution < 1.29 is 0 Å². The average molecular weight is 291 g/mol. The Morgan fingerprint density at radius 1 is 1.50 bits per heavy atom. The first-order valence-corrected chi connectivity index (χ1v) is 7.45. The Hall–Kier alpha value is -0.230. The first-order chi connectivity index (χ1) is 8.26. The van der Waals surface area contributed by atoms with Gasteiger partial charge >= 0.3 is 0 Å². The third-order valence-corrected chi connectivity index (χ3v) is 4.15. The summed E-state index contributed by atoms with van der Waals surface area (Å²) >= 11 is 8.08. The largest absolute Gasteiger partial charge is 0.271 e. The number of nitrogens with two attached hydrogens (primary N) is 1. The third kappa shape index (κ3) is 4.16. The molecule has 0 aliphatic heterocycles. The van der Waals surface area contributed by atoms with Gasteiger partial charge in [-0.3, -0.25) is 16.0 Å². The maximum absolute atomic E-state index is 6.22. The van der Waals surface area contributed by atoms with Crippen LogP contribution in [0.2, 0.25) is 5.02 Å². The molecule has 0 aromatic carbocycles. The van der Waals surface area contributed by atoms with Gasteiger partial charge in [0.2, 0.25) is 0 Å². The predicted molar refractivity (Wildman–Crippen MR) is 79.9 cm³/mol. The summed E-state index contributed by atoms with van der Waals surface area (Å²) in [5, 5.41) is 4.98. The summed E-state index contributed by atoms with van der Waals surface area (Å²) < 4.78 is 2.13. The molecule has 0 saturated carbocycles. The second kappa shape index (κ2) is 6.28. The molecule has 0 aliphatic rings. The van der Waals surface area contributed by atoms with Gasteiger partial charge in [0.1, 0.15) is 0 Å². The molecule has 18 heavy (non-hydrogen) atoms. The molecule has 0 aliphatic carbocycles. The minimum absolute atomic E-state index is 0.00613. The number of hydrogen-bond acceptors (Lipinski definition) is 4. The van der Waals surface area contributed by atoms with E-state index >= 15 is 0 Å². The maximum atomic E-state index is 6.22. The molecule has 1 aromatic heterocycles. The topological polar surface area (TPSA) is 55.9 Å². The van der Waals surface area contributed by atoms with Gasteiger partial charge < -0.3 is 0 Å². The van der Waals surface area contributed by atoms with Crippen molar-refractivity contribution in [1.29, 1.82) is 0 Å². The van der Waals surface area contributed by atoms with Crippen molar-refractivity contribution in [2.45, 2.75) is 51.4 Å². The van der Waals surface area contributed by atoms with Gasteiger partial charge in [-0.15, -0.1) is 0 Å². The summed E-state index contributed by atoms with van der Waals surface area (Å²) in [5.74, 6) is 6.53. The van der Waals surface area contributed by atoms with Crippen molar-refractivity contribution in [1.82, 2.24) is 15.2 Å². The van der Waals surface area contributed by atoms with E-state index in [2.05, 4.69) is 45.1 Å². The van der Waals surface area contributed by atoms with Crippen molar-refractivity contribution in [3.8, 4) is 0 Å². The Labute approximate surface area is 119 Å². The molecule has 0 saturated heterocycles. The molecule has 0 fully saturated rings. The fourth-order valence-corrected chi connectivity index (χ4v) is 2.81. The molecule has 0 amide bonds.